The van der Waals surface area contributed by atoms with Crippen LogP contribution in [-0.2, 0) is 17.4 Å². The fourth-order valence-electron chi connectivity index (χ4n) is 2.60. The van der Waals surface area contributed by atoms with E-state index in [1.807, 2.05) is 24.3 Å². The first kappa shape index (κ1) is 20.3. The highest BCUT2D eigenvalue weighted by atomic mass is 35.5. The average Bonchev–Trinajstić information content (AvgIpc) is 2.55. The van der Waals surface area contributed by atoms with Gasteiger partial charge in [-0.2, -0.15) is 13.2 Å². The molecule has 0 fully saturated rings. The van der Waals surface area contributed by atoms with Crippen LogP contribution in [0.2, 0.25) is 5.02 Å². The maximum Gasteiger partial charge on any atom is 0.416 e. The molecule has 0 heterocycles. The minimum Gasteiger partial charge on any atom is -0.324 e. The Balaban J connectivity index is 2.14. The number of amides is 1. The van der Waals surface area contributed by atoms with Crippen LogP contribution in [0.4, 0.5) is 18.9 Å². The molecule has 6 heteroatoms. The van der Waals surface area contributed by atoms with E-state index in [1.54, 1.807) is 6.92 Å². The van der Waals surface area contributed by atoms with Gasteiger partial charge in [0.15, 0.2) is 0 Å². The van der Waals surface area contributed by atoms with Gasteiger partial charge < -0.3 is 5.32 Å². The zero-order chi connectivity index (χ0) is 19.5. The molecule has 0 saturated carbocycles. The summed E-state index contributed by atoms with van der Waals surface area (Å²) >= 11 is 5.93. The fraction of sp³-hybridized carbons (Fsp3) is 0.350. The first-order valence-corrected chi connectivity index (χ1v) is 8.72. The van der Waals surface area contributed by atoms with E-state index < -0.39 is 23.6 Å². The van der Waals surface area contributed by atoms with Crippen molar-refractivity contribution in [1.82, 2.24) is 0 Å². The smallest absolute Gasteiger partial charge is 0.324 e. The molecule has 2 aromatic rings. The summed E-state index contributed by atoms with van der Waals surface area (Å²) in [5.41, 5.74) is 1.06. The zero-order valence-corrected chi connectivity index (χ0v) is 15.6. The third kappa shape index (κ3) is 5.24. The second kappa shape index (κ2) is 8.12. The maximum atomic E-state index is 12.8. The van der Waals surface area contributed by atoms with Gasteiger partial charge in [0, 0.05) is 0 Å². The summed E-state index contributed by atoms with van der Waals surface area (Å²) in [4.78, 5) is 12.4. The van der Waals surface area contributed by atoms with Gasteiger partial charge in [0.05, 0.1) is 22.2 Å². The Morgan fingerprint density at radius 1 is 1.08 bits per heavy atom. The Bertz CT molecular complexity index is 770. The predicted octanol–water partition coefficient (Wildman–Crippen LogP) is 6.30. The van der Waals surface area contributed by atoms with E-state index in [-0.39, 0.29) is 10.7 Å². The first-order chi connectivity index (χ1) is 12.1. The van der Waals surface area contributed by atoms with Gasteiger partial charge in [0.2, 0.25) is 5.91 Å². The average molecular weight is 384 g/mol. The lowest BCUT2D eigenvalue weighted by Gasteiger charge is -2.16. The fourth-order valence-corrected chi connectivity index (χ4v) is 2.77. The molecule has 2 nitrogen and oxygen atoms in total. The van der Waals surface area contributed by atoms with Gasteiger partial charge >= 0.3 is 6.18 Å². The van der Waals surface area contributed by atoms with Gasteiger partial charge in [-0.05, 0) is 48.6 Å². The van der Waals surface area contributed by atoms with Crippen molar-refractivity contribution >= 4 is 23.2 Å². The van der Waals surface area contributed by atoms with Crippen LogP contribution in [-0.4, -0.2) is 5.91 Å². The molecule has 0 aliphatic carbocycles. The number of rotatable bonds is 5. The molecule has 2 rings (SSSR count). The number of halogens is 4. The molecule has 26 heavy (non-hydrogen) atoms. The van der Waals surface area contributed by atoms with Crippen molar-refractivity contribution in [3.63, 3.8) is 0 Å². The third-order valence-electron chi connectivity index (χ3n) is 4.07. The maximum absolute atomic E-state index is 12.8. The first-order valence-electron chi connectivity index (χ1n) is 8.34. The van der Waals surface area contributed by atoms with E-state index >= 15 is 0 Å². The van der Waals surface area contributed by atoms with Crippen LogP contribution in [0.25, 0.3) is 0 Å². The molecule has 1 N–H and O–H groups in total. The summed E-state index contributed by atoms with van der Waals surface area (Å²) in [6, 6.07) is 10.5. The van der Waals surface area contributed by atoms with Gasteiger partial charge in [0.25, 0.3) is 0 Å². The lowest BCUT2D eigenvalue weighted by molar-refractivity contribution is -0.137. The van der Waals surface area contributed by atoms with Crippen molar-refractivity contribution in [3.8, 4) is 0 Å². The normalized spacial score (nSPS) is 12.9. The Morgan fingerprint density at radius 2 is 1.69 bits per heavy atom. The van der Waals surface area contributed by atoms with Gasteiger partial charge in [-0.3, -0.25) is 4.79 Å². The van der Waals surface area contributed by atoms with Crippen molar-refractivity contribution in [2.45, 2.75) is 39.3 Å². The minimum atomic E-state index is -4.50. The van der Waals surface area contributed by atoms with Crippen LogP contribution in [0.15, 0.2) is 42.5 Å². The van der Waals surface area contributed by atoms with Crippen molar-refractivity contribution in [2.75, 3.05) is 5.32 Å². The van der Waals surface area contributed by atoms with E-state index in [1.165, 1.54) is 5.56 Å². The molecule has 140 valence electrons. The molecule has 0 radical (unpaired) electrons. The monoisotopic (exact) mass is 383 g/mol. The number of anilines is 1. The Kier molecular flexibility index (Phi) is 6.34. The molecule has 1 amide bonds. The number of nitrogens with one attached hydrogen (secondary N) is 1. The molecule has 0 unspecified atom stereocenters. The topological polar surface area (TPSA) is 29.1 Å². The summed E-state index contributed by atoms with van der Waals surface area (Å²) in [7, 11) is 0. The van der Waals surface area contributed by atoms with Crippen LogP contribution in [0.1, 0.15) is 43.4 Å². The second-order valence-electron chi connectivity index (χ2n) is 6.74. The number of benzene rings is 2. The van der Waals surface area contributed by atoms with Crippen molar-refractivity contribution in [1.29, 1.82) is 0 Å². The van der Waals surface area contributed by atoms with Crippen LogP contribution < -0.4 is 5.32 Å². The Labute approximate surface area is 156 Å². The lowest BCUT2D eigenvalue weighted by atomic mass is 9.96. The van der Waals surface area contributed by atoms with Gasteiger partial charge in [0.1, 0.15) is 0 Å². The van der Waals surface area contributed by atoms with Gasteiger partial charge in [-0.15, -0.1) is 0 Å². The van der Waals surface area contributed by atoms with Crippen LogP contribution in [0, 0.1) is 5.92 Å². The quantitative estimate of drug-likeness (QED) is 0.645. The van der Waals surface area contributed by atoms with E-state index in [0.29, 0.717) is 5.92 Å². The summed E-state index contributed by atoms with van der Waals surface area (Å²) in [6.07, 6.45) is -3.55. The van der Waals surface area contributed by atoms with Crippen LogP contribution >= 0.6 is 11.6 Å². The summed E-state index contributed by atoms with van der Waals surface area (Å²) < 4.78 is 38.5. The van der Waals surface area contributed by atoms with E-state index in [9.17, 15) is 18.0 Å². The lowest BCUT2D eigenvalue weighted by Crippen LogP contribution is -2.19. The van der Waals surface area contributed by atoms with Crippen molar-refractivity contribution in [2.24, 2.45) is 5.92 Å². The molecule has 0 aliphatic rings. The van der Waals surface area contributed by atoms with E-state index in [0.717, 1.165) is 30.2 Å². The molecule has 0 aromatic heterocycles. The summed E-state index contributed by atoms with van der Waals surface area (Å²) in [6.45, 7) is 5.96. The molecule has 0 saturated heterocycles. The van der Waals surface area contributed by atoms with Gasteiger partial charge in [-0.1, -0.05) is 49.7 Å². The molecule has 0 spiro atoms. The molecule has 2 aromatic carbocycles. The van der Waals surface area contributed by atoms with Crippen molar-refractivity contribution < 1.29 is 18.0 Å². The van der Waals surface area contributed by atoms with Crippen molar-refractivity contribution in [3.05, 3.63) is 64.2 Å². The number of carbonyl (C=O) groups is 1. The minimum absolute atomic E-state index is 0.0465. The number of hydrogen-bond acceptors (Lipinski definition) is 1. The SMILES string of the molecule is CC(C)Cc1ccc([C@@H](C)C(=O)Nc2cc(C(F)(F)F)ccc2Cl)cc1. The number of carbonyl (C=O) groups excluding carboxylic acids is 1. The molecular weight excluding hydrogens is 363 g/mol. The Morgan fingerprint density at radius 3 is 2.23 bits per heavy atom. The van der Waals surface area contributed by atoms with Crippen LogP contribution in [0.3, 0.4) is 0 Å². The zero-order valence-electron chi connectivity index (χ0n) is 14.8. The standard InChI is InChI=1S/C20H21ClF3NO/c1-12(2)10-14-4-6-15(7-5-14)13(3)19(26)25-18-11-16(20(22,23)24)8-9-17(18)21/h4-9,11-13H,10H2,1-3H3,(H,25,26)/t13-/m1/s1. The molecule has 0 bridgehead atoms. The molecule has 0 aliphatic heterocycles. The van der Waals surface area contributed by atoms with E-state index in [2.05, 4.69) is 19.2 Å². The molecular formula is C20H21ClF3NO. The predicted molar refractivity (Wildman–Crippen MR) is 98.5 cm³/mol. The summed E-state index contributed by atoms with van der Waals surface area (Å²) in [5.74, 6) is -0.402. The second-order valence-corrected chi connectivity index (χ2v) is 7.15. The number of hydrogen-bond donors (Lipinski definition) is 1. The highest BCUT2D eigenvalue weighted by molar-refractivity contribution is 6.33. The number of alkyl halides is 3. The largest absolute Gasteiger partial charge is 0.416 e. The van der Waals surface area contributed by atoms with Crippen LogP contribution in [0.5, 0.6) is 0 Å². The highest BCUT2D eigenvalue weighted by Crippen LogP contribution is 2.34. The highest BCUT2D eigenvalue weighted by Gasteiger charge is 2.31. The van der Waals surface area contributed by atoms with Gasteiger partial charge in [-0.25, -0.2) is 0 Å². The van der Waals surface area contributed by atoms with E-state index in [4.69, 9.17) is 11.6 Å². The molecule has 1 atom stereocenters. The Hall–Kier alpha value is -2.01. The summed E-state index contributed by atoms with van der Waals surface area (Å²) in [5, 5.41) is 2.56. The third-order valence-corrected chi connectivity index (χ3v) is 4.40.